The van der Waals surface area contributed by atoms with Gasteiger partial charge in [-0.15, -0.1) is 0 Å². The molecule has 0 atom stereocenters. The van der Waals surface area contributed by atoms with E-state index in [1.165, 1.54) is 0 Å². The fraction of sp³-hybridized carbons (Fsp3) is 0.682. The first-order valence-corrected chi connectivity index (χ1v) is 11.0. The second kappa shape index (κ2) is 8.34. The van der Waals surface area contributed by atoms with Crippen molar-refractivity contribution >= 4 is 30.3 Å². The maximum atomic E-state index is 12.3. The van der Waals surface area contributed by atoms with E-state index in [1.54, 1.807) is 4.90 Å². The van der Waals surface area contributed by atoms with Gasteiger partial charge < -0.3 is 18.9 Å². The summed E-state index contributed by atoms with van der Waals surface area (Å²) in [6, 6.07) is 6.02. The number of nitrogens with zero attached hydrogens (tertiary/aromatic N) is 2. The number of carbonyl (C=O) groups is 1. The molecule has 6 nitrogen and oxygen atoms in total. The number of hydrogen-bond acceptors (Lipinski definition) is 5. The van der Waals surface area contributed by atoms with E-state index >= 15 is 0 Å². The Bertz CT molecular complexity index is 770. The number of piperazine rings is 1. The summed E-state index contributed by atoms with van der Waals surface area (Å²) in [4.78, 5) is 16.4. The average molecular weight is 437 g/mol. The van der Waals surface area contributed by atoms with Crippen LogP contribution >= 0.6 is 11.6 Å². The van der Waals surface area contributed by atoms with Crippen molar-refractivity contribution in [2.24, 2.45) is 0 Å². The zero-order valence-electron chi connectivity index (χ0n) is 19.3. The summed E-state index contributed by atoms with van der Waals surface area (Å²) in [6.07, 6.45) is -0.239. The highest BCUT2D eigenvalue weighted by Crippen LogP contribution is 2.37. The smallest absolute Gasteiger partial charge is 0.444 e. The molecule has 0 unspecified atom stereocenters. The Balaban J connectivity index is 1.61. The van der Waals surface area contributed by atoms with Gasteiger partial charge in [-0.3, -0.25) is 4.90 Å². The van der Waals surface area contributed by atoms with Gasteiger partial charge in [0.05, 0.1) is 11.2 Å². The van der Waals surface area contributed by atoms with Crippen molar-refractivity contribution in [2.75, 3.05) is 26.2 Å². The molecular weight excluding hydrogens is 403 g/mol. The van der Waals surface area contributed by atoms with Crippen LogP contribution in [0.25, 0.3) is 0 Å². The second-order valence-corrected chi connectivity index (χ2v) is 10.6. The van der Waals surface area contributed by atoms with Crippen molar-refractivity contribution in [3.8, 4) is 0 Å². The van der Waals surface area contributed by atoms with E-state index < -0.39 is 23.9 Å². The minimum absolute atomic E-state index is 0.239. The Morgan fingerprint density at radius 2 is 1.67 bits per heavy atom. The molecule has 0 bridgehead atoms. The summed E-state index contributed by atoms with van der Waals surface area (Å²) in [7, 11) is -0.480. The zero-order chi connectivity index (χ0) is 22.3. The van der Waals surface area contributed by atoms with Gasteiger partial charge in [0.2, 0.25) is 0 Å². The molecule has 2 saturated heterocycles. The quantitative estimate of drug-likeness (QED) is 0.676. The normalized spacial score (nSPS) is 21.7. The summed E-state index contributed by atoms with van der Waals surface area (Å²) in [5, 5.41) is 0.645. The topological polar surface area (TPSA) is 51.2 Å². The third kappa shape index (κ3) is 5.31. The van der Waals surface area contributed by atoms with Crippen LogP contribution in [0.3, 0.4) is 0 Å². The van der Waals surface area contributed by atoms with E-state index in [4.69, 9.17) is 25.6 Å². The van der Waals surface area contributed by atoms with Crippen LogP contribution in [0.15, 0.2) is 18.2 Å². The summed E-state index contributed by atoms with van der Waals surface area (Å²) >= 11 is 6.48. The van der Waals surface area contributed by atoms with Crippen molar-refractivity contribution < 1.29 is 18.8 Å². The van der Waals surface area contributed by atoms with E-state index in [2.05, 4.69) is 11.0 Å². The number of benzene rings is 1. The molecule has 2 aliphatic rings. The van der Waals surface area contributed by atoms with Gasteiger partial charge in [-0.2, -0.15) is 0 Å². The van der Waals surface area contributed by atoms with Crippen LogP contribution in [0, 0.1) is 0 Å². The summed E-state index contributed by atoms with van der Waals surface area (Å²) in [5.41, 5.74) is 0.723. The Morgan fingerprint density at radius 3 is 2.20 bits per heavy atom. The number of rotatable bonds is 3. The third-order valence-electron chi connectivity index (χ3n) is 6.00. The maximum Gasteiger partial charge on any atom is 0.496 e. The van der Waals surface area contributed by atoms with Gasteiger partial charge in [-0.25, -0.2) is 4.79 Å². The Morgan fingerprint density at radius 1 is 1.10 bits per heavy atom. The van der Waals surface area contributed by atoms with Crippen LogP contribution in [-0.2, 0) is 20.6 Å². The molecule has 0 radical (unpaired) electrons. The fourth-order valence-electron chi connectivity index (χ4n) is 3.52. The highest BCUT2D eigenvalue weighted by Gasteiger charge is 2.52. The molecule has 1 aromatic rings. The standard InChI is InChI=1S/C22H34BClN2O4/c1-20(2,3)28-19(27)26-12-10-25(11-13-26)15-16-8-9-18(24)17(14-16)23-29-21(4,5)22(6,7)30-23/h8-9,14H,10-13,15H2,1-7H3. The van der Waals surface area contributed by atoms with Crippen molar-refractivity contribution in [1.29, 1.82) is 0 Å². The molecule has 0 N–H and O–H groups in total. The largest absolute Gasteiger partial charge is 0.496 e. The van der Waals surface area contributed by atoms with Gasteiger partial charge in [-0.05, 0) is 60.1 Å². The lowest BCUT2D eigenvalue weighted by Crippen LogP contribution is -2.49. The number of amides is 1. The average Bonchev–Trinajstić information content (AvgIpc) is 2.83. The molecule has 0 saturated carbocycles. The minimum atomic E-state index is -0.480. The highest BCUT2D eigenvalue weighted by molar-refractivity contribution is 6.65. The molecule has 3 rings (SSSR count). The predicted molar refractivity (Wildman–Crippen MR) is 120 cm³/mol. The molecule has 30 heavy (non-hydrogen) atoms. The lowest BCUT2D eigenvalue weighted by Gasteiger charge is -2.35. The lowest BCUT2D eigenvalue weighted by molar-refractivity contribution is 0.00578. The van der Waals surface area contributed by atoms with E-state index in [-0.39, 0.29) is 6.09 Å². The Labute approximate surface area is 185 Å². The zero-order valence-corrected chi connectivity index (χ0v) is 20.0. The van der Waals surface area contributed by atoms with E-state index in [0.29, 0.717) is 18.1 Å². The highest BCUT2D eigenvalue weighted by atomic mass is 35.5. The van der Waals surface area contributed by atoms with E-state index in [1.807, 2.05) is 60.6 Å². The van der Waals surface area contributed by atoms with Crippen molar-refractivity contribution in [3.05, 3.63) is 28.8 Å². The van der Waals surface area contributed by atoms with Crippen molar-refractivity contribution in [2.45, 2.75) is 71.8 Å². The van der Waals surface area contributed by atoms with Crippen LogP contribution in [0.4, 0.5) is 4.79 Å². The molecular formula is C22H34BClN2O4. The predicted octanol–water partition coefficient (Wildman–Crippen LogP) is 3.69. The third-order valence-corrected chi connectivity index (χ3v) is 6.34. The van der Waals surface area contributed by atoms with Gasteiger partial charge in [0.25, 0.3) is 0 Å². The van der Waals surface area contributed by atoms with E-state index in [9.17, 15) is 4.79 Å². The minimum Gasteiger partial charge on any atom is -0.444 e. The van der Waals surface area contributed by atoms with Crippen LogP contribution in [0.5, 0.6) is 0 Å². The first-order valence-electron chi connectivity index (χ1n) is 10.6. The van der Waals surface area contributed by atoms with Crippen LogP contribution < -0.4 is 5.46 Å². The fourth-order valence-corrected chi connectivity index (χ4v) is 3.72. The summed E-state index contributed by atoms with van der Waals surface area (Å²) in [5.74, 6) is 0. The second-order valence-electron chi connectivity index (χ2n) is 10.2. The SMILES string of the molecule is CC(C)(C)OC(=O)N1CCN(Cc2ccc(Cl)c(B3OC(C)(C)C(C)(C)O3)c2)CC1. The molecule has 166 valence electrons. The van der Waals surface area contributed by atoms with E-state index in [0.717, 1.165) is 30.7 Å². The number of carbonyl (C=O) groups excluding carboxylic acids is 1. The molecule has 0 aliphatic carbocycles. The van der Waals surface area contributed by atoms with Gasteiger partial charge >= 0.3 is 13.2 Å². The number of hydrogen-bond donors (Lipinski definition) is 0. The molecule has 8 heteroatoms. The molecule has 1 aromatic carbocycles. The first kappa shape index (κ1) is 23.4. The molecule has 2 fully saturated rings. The maximum absolute atomic E-state index is 12.3. The Hall–Kier alpha value is -1.28. The van der Waals surface area contributed by atoms with Crippen LogP contribution in [0.2, 0.25) is 5.02 Å². The Kier molecular flexibility index (Phi) is 6.50. The van der Waals surface area contributed by atoms with Gasteiger partial charge in [0, 0.05) is 43.2 Å². The summed E-state index contributed by atoms with van der Waals surface area (Å²) < 4.78 is 17.8. The molecule has 1 amide bonds. The number of ether oxygens (including phenoxy) is 1. The van der Waals surface area contributed by atoms with Gasteiger partial charge in [0.1, 0.15) is 5.60 Å². The lowest BCUT2D eigenvalue weighted by atomic mass is 9.78. The molecule has 0 spiro atoms. The number of halogens is 1. The summed E-state index contributed by atoms with van der Waals surface area (Å²) in [6.45, 7) is 17.5. The molecule has 0 aromatic heterocycles. The molecule has 2 heterocycles. The molecule has 2 aliphatic heterocycles. The van der Waals surface area contributed by atoms with Gasteiger partial charge in [0.15, 0.2) is 0 Å². The van der Waals surface area contributed by atoms with Gasteiger partial charge in [-0.1, -0.05) is 23.7 Å². The van der Waals surface area contributed by atoms with Crippen molar-refractivity contribution in [1.82, 2.24) is 9.80 Å². The van der Waals surface area contributed by atoms with Crippen molar-refractivity contribution in [3.63, 3.8) is 0 Å². The van der Waals surface area contributed by atoms with Crippen LogP contribution in [0.1, 0.15) is 54.0 Å². The van der Waals surface area contributed by atoms with Crippen LogP contribution in [-0.4, -0.2) is 66.0 Å². The first-order chi connectivity index (χ1) is 13.8. The monoisotopic (exact) mass is 436 g/mol.